The number of nitrogens with zero attached hydrogens (tertiary/aromatic N) is 1. The highest BCUT2D eigenvalue weighted by Crippen LogP contribution is 1.96. The molecule has 0 aliphatic rings. The highest BCUT2D eigenvalue weighted by atomic mass is 16.6. The second-order valence-corrected chi connectivity index (χ2v) is 2.47. The molecule has 0 saturated heterocycles. The van der Waals surface area contributed by atoms with Gasteiger partial charge in [-0.3, -0.25) is 10.1 Å². The normalized spacial score (nSPS) is 10.2. The highest BCUT2D eigenvalue weighted by molar-refractivity contribution is 5.14. The second-order valence-electron chi connectivity index (χ2n) is 2.47. The van der Waals surface area contributed by atoms with Crippen molar-refractivity contribution in [2.75, 3.05) is 0 Å². The van der Waals surface area contributed by atoms with E-state index in [0.717, 1.165) is 11.8 Å². The van der Waals surface area contributed by atoms with Gasteiger partial charge in [-0.1, -0.05) is 30.3 Å². The molecule has 13 heavy (non-hydrogen) atoms. The largest absolute Gasteiger partial charge is 0.382 e. The van der Waals surface area contributed by atoms with Crippen molar-refractivity contribution in [1.82, 2.24) is 5.32 Å². The molecule has 1 aromatic carbocycles. The summed E-state index contributed by atoms with van der Waals surface area (Å²) in [5, 5.41) is 12.7. The van der Waals surface area contributed by atoms with Gasteiger partial charge in [-0.15, -0.1) is 0 Å². The third-order valence-corrected chi connectivity index (χ3v) is 1.46. The van der Waals surface area contributed by atoms with Crippen molar-refractivity contribution in [2.24, 2.45) is 0 Å². The van der Waals surface area contributed by atoms with Gasteiger partial charge in [0.05, 0.1) is 11.1 Å². The van der Waals surface area contributed by atoms with Crippen LogP contribution in [0.1, 0.15) is 5.56 Å². The molecule has 0 amide bonds. The van der Waals surface area contributed by atoms with Gasteiger partial charge in [-0.05, 0) is 5.56 Å². The van der Waals surface area contributed by atoms with E-state index in [0.29, 0.717) is 6.54 Å². The lowest BCUT2D eigenvalue weighted by Crippen LogP contribution is -2.04. The minimum Gasteiger partial charge on any atom is -0.382 e. The van der Waals surface area contributed by atoms with Crippen LogP contribution in [0.15, 0.2) is 42.7 Å². The molecule has 1 N–H and O–H groups in total. The molecule has 0 saturated carbocycles. The first kappa shape index (κ1) is 9.25. The molecule has 0 atom stereocenters. The van der Waals surface area contributed by atoms with Gasteiger partial charge in [0.25, 0.3) is 0 Å². The fourth-order valence-corrected chi connectivity index (χ4v) is 0.886. The predicted octanol–water partition coefficient (Wildman–Crippen LogP) is 1.52. The van der Waals surface area contributed by atoms with Crippen LogP contribution in [0.4, 0.5) is 0 Å². The summed E-state index contributed by atoms with van der Waals surface area (Å²) in [5.74, 6) is 0. The first-order valence-corrected chi connectivity index (χ1v) is 3.86. The van der Waals surface area contributed by atoms with E-state index >= 15 is 0 Å². The third-order valence-electron chi connectivity index (χ3n) is 1.46. The molecule has 68 valence electrons. The summed E-state index contributed by atoms with van der Waals surface area (Å²) in [6.45, 7) is 0.602. The molecule has 1 aromatic rings. The molecule has 4 heteroatoms. The van der Waals surface area contributed by atoms with Gasteiger partial charge >= 0.3 is 0 Å². The van der Waals surface area contributed by atoms with E-state index in [1.165, 1.54) is 6.20 Å². The Balaban J connectivity index is 2.32. The van der Waals surface area contributed by atoms with Gasteiger partial charge < -0.3 is 5.32 Å². The molecule has 0 bridgehead atoms. The number of rotatable bonds is 4. The number of nitrogens with one attached hydrogen (secondary N) is 1. The van der Waals surface area contributed by atoms with Crippen LogP contribution >= 0.6 is 0 Å². The molecular formula is C9H10N2O2. The first-order chi connectivity index (χ1) is 6.29. The summed E-state index contributed by atoms with van der Waals surface area (Å²) >= 11 is 0. The Bertz CT molecular complexity index is 296. The van der Waals surface area contributed by atoms with Crippen molar-refractivity contribution < 1.29 is 4.92 Å². The zero-order chi connectivity index (χ0) is 9.52. The number of nitro groups is 1. The lowest BCUT2D eigenvalue weighted by atomic mass is 10.2. The van der Waals surface area contributed by atoms with E-state index in [4.69, 9.17) is 0 Å². The van der Waals surface area contributed by atoms with Crippen LogP contribution in [-0.2, 0) is 6.54 Å². The predicted molar refractivity (Wildman–Crippen MR) is 49.4 cm³/mol. The maximum absolute atomic E-state index is 9.89. The average molecular weight is 178 g/mol. The average Bonchev–Trinajstić information content (AvgIpc) is 2.14. The van der Waals surface area contributed by atoms with E-state index in [9.17, 15) is 10.1 Å². The maximum atomic E-state index is 9.89. The minimum atomic E-state index is -0.502. The fraction of sp³-hybridized carbons (Fsp3) is 0.111. The standard InChI is InChI=1S/C9H10N2O2/c12-11(13)7-6-10-8-9-4-2-1-3-5-9/h1-7,10H,8H2/b7-6-. The molecule has 0 fully saturated rings. The van der Waals surface area contributed by atoms with E-state index < -0.39 is 4.92 Å². The van der Waals surface area contributed by atoms with Gasteiger partial charge in [0.15, 0.2) is 0 Å². The van der Waals surface area contributed by atoms with Crippen LogP contribution in [0.3, 0.4) is 0 Å². The van der Waals surface area contributed by atoms with Crippen molar-refractivity contribution in [3.05, 3.63) is 58.4 Å². The van der Waals surface area contributed by atoms with Crippen molar-refractivity contribution in [2.45, 2.75) is 6.54 Å². The molecular weight excluding hydrogens is 168 g/mol. The van der Waals surface area contributed by atoms with Crippen molar-refractivity contribution >= 4 is 0 Å². The fourth-order valence-electron chi connectivity index (χ4n) is 0.886. The van der Waals surface area contributed by atoms with Crippen LogP contribution < -0.4 is 5.32 Å². The number of hydrogen-bond donors (Lipinski definition) is 1. The smallest absolute Gasteiger partial charge is 0.249 e. The summed E-state index contributed by atoms with van der Waals surface area (Å²) < 4.78 is 0. The van der Waals surface area contributed by atoms with Crippen molar-refractivity contribution in [3.8, 4) is 0 Å². The van der Waals surface area contributed by atoms with Crippen LogP contribution in [0.25, 0.3) is 0 Å². The SMILES string of the molecule is O=[N+]([O-])/C=C\NCc1ccccc1. The zero-order valence-corrected chi connectivity index (χ0v) is 7.01. The zero-order valence-electron chi connectivity index (χ0n) is 7.01. The van der Waals surface area contributed by atoms with Crippen molar-refractivity contribution in [3.63, 3.8) is 0 Å². The lowest BCUT2D eigenvalue weighted by Gasteiger charge is -1.98. The quantitative estimate of drug-likeness (QED) is 0.561. The molecule has 0 heterocycles. The van der Waals surface area contributed by atoms with Crippen molar-refractivity contribution in [1.29, 1.82) is 0 Å². The highest BCUT2D eigenvalue weighted by Gasteiger charge is 1.87. The summed E-state index contributed by atoms with van der Waals surface area (Å²) in [5.41, 5.74) is 1.09. The van der Waals surface area contributed by atoms with Crippen LogP contribution in [-0.4, -0.2) is 4.92 Å². The molecule has 0 unspecified atom stereocenters. The number of hydrogen-bond acceptors (Lipinski definition) is 3. The van der Waals surface area contributed by atoms with Crippen LogP contribution in [0.2, 0.25) is 0 Å². The van der Waals surface area contributed by atoms with Crippen LogP contribution in [0, 0.1) is 10.1 Å². The van der Waals surface area contributed by atoms with E-state index in [1.807, 2.05) is 30.3 Å². The van der Waals surface area contributed by atoms with Gasteiger partial charge in [0.2, 0.25) is 6.20 Å². The molecule has 0 aliphatic carbocycles. The van der Waals surface area contributed by atoms with Gasteiger partial charge in [-0.2, -0.15) is 0 Å². The van der Waals surface area contributed by atoms with E-state index in [-0.39, 0.29) is 0 Å². The Morgan fingerprint density at radius 1 is 1.38 bits per heavy atom. The second kappa shape index (κ2) is 4.92. The third kappa shape index (κ3) is 3.91. The van der Waals surface area contributed by atoms with Gasteiger partial charge in [0.1, 0.15) is 0 Å². The van der Waals surface area contributed by atoms with E-state index in [2.05, 4.69) is 5.32 Å². The van der Waals surface area contributed by atoms with Gasteiger partial charge in [-0.25, -0.2) is 0 Å². The molecule has 4 nitrogen and oxygen atoms in total. The Morgan fingerprint density at radius 3 is 2.69 bits per heavy atom. The molecule has 0 spiro atoms. The summed E-state index contributed by atoms with van der Waals surface area (Å²) in [6.07, 6.45) is 2.20. The topological polar surface area (TPSA) is 55.2 Å². The Labute approximate surface area is 76.0 Å². The monoisotopic (exact) mass is 178 g/mol. The maximum Gasteiger partial charge on any atom is 0.249 e. The summed E-state index contributed by atoms with van der Waals surface area (Å²) in [4.78, 5) is 9.39. The Morgan fingerprint density at radius 2 is 2.08 bits per heavy atom. The van der Waals surface area contributed by atoms with Gasteiger partial charge in [0, 0.05) is 6.54 Å². The Hall–Kier alpha value is -1.84. The first-order valence-electron chi connectivity index (χ1n) is 3.86. The van der Waals surface area contributed by atoms with E-state index in [1.54, 1.807) is 0 Å². The molecule has 0 aromatic heterocycles. The minimum absolute atomic E-state index is 0.502. The number of benzene rings is 1. The molecule has 0 radical (unpaired) electrons. The summed E-state index contributed by atoms with van der Waals surface area (Å²) in [7, 11) is 0. The summed E-state index contributed by atoms with van der Waals surface area (Å²) in [6, 6.07) is 9.68. The molecule has 0 aliphatic heterocycles. The molecule has 1 rings (SSSR count). The Kier molecular flexibility index (Phi) is 3.50. The van der Waals surface area contributed by atoms with Crippen LogP contribution in [0.5, 0.6) is 0 Å². The lowest BCUT2D eigenvalue weighted by molar-refractivity contribution is -0.402.